The summed E-state index contributed by atoms with van der Waals surface area (Å²) < 4.78 is 40.1. The number of benzene rings is 2. The fourth-order valence-electron chi connectivity index (χ4n) is 1.66. The molecule has 0 aromatic heterocycles. The number of nitrogens with one attached hydrogen (secondary N) is 1. The summed E-state index contributed by atoms with van der Waals surface area (Å²) in [5.74, 6) is -0.464. The van der Waals surface area contributed by atoms with E-state index in [1.807, 2.05) is 0 Å². The Morgan fingerprint density at radius 3 is 2.30 bits per heavy atom. The normalized spacial score (nSPS) is 11.3. The Morgan fingerprint density at radius 1 is 1.05 bits per heavy atom. The van der Waals surface area contributed by atoms with E-state index in [4.69, 9.17) is 5.73 Å². The van der Waals surface area contributed by atoms with Crippen LogP contribution in [-0.4, -0.2) is 8.42 Å². The smallest absolute Gasteiger partial charge is 0.261 e. The van der Waals surface area contributed by atoms with Crippen LogP contribution in [0.2, 0.25) is 0 Å². The zero-order valence-corrected chi connectivity index (χ0v) is 12.0. The molecule has 0 aliphatic carbocycles. The molecule has 0 amide bonds. The van der Waals surface area contributed by atoms with E-state index in [1.54, 1.807) is 19.9 Å². The number of nitrogen functional groups attached to an aromatic ring is 1. The first-order valence-electron chi connectivity index (χ1n) is 5.95. The van der Waals surface area contributed by atoms with Crippen LogP contribution in [-0.2, 0) is 10.0 Å². The van der Waals surface area contributed by atoms with Crippen LogP contribution in [0.15, 0.2) is 41.3 Å². The van der Waals surface area contributed by atoms with Crippen molar-refractivity contribution in [3.63, 3.8) is 0 Å². The molecule has 0 spiro atoms. The summed E-state index contributed by atoms with van der Waals surface area (Å²) >= 11 is 0. The van der Waals surface area contributed by atoms with Gasteiger partial charge in [-0.2, -0.15) is 0 Å². The molecular weight excluding hydrogens is 279 g/mol. The number of hydrogen-bond donors (Lipinski definition) is 2. The summed E-state index contributed by atoms with van der Waals surface area (Å²) in [7, 11) is -3.78. The van der Waals surface area contributed by atoms with Gasteiger partial charge in [0.25, 0.3) is 10.0 Å². The number of rotatable bonds is 3. The third kappa shape index (κ3) is 2.91. The molecule has 0 aliphatic heterocycles. The summed E-state index contributed by atoms with van der Waals surface area (Å²) in [6.07, 6.45) is 0. The molecule has 3 N–H and O–H groups in total. The zero-order chi connectivity index (χ0) is 14.9. The van der Waals surface area contributed by atoms with Crippen LogP contribution in [0.5, 0.6) is 0 Å². The molecule has 0 saturated heterocycles. The third-order valence-electron chi connectivity index (χ3n) is 2.99. The molecule has 6 heteroatoms. The van der Waals surface area contributed by atoms with E-state index in [2.05, 4.69) is 4.72 Å². The van der Waals surface area contributed by atoms with E-state index in [0.29, 0.717) is 11.3 Å². The first-order valence-corrected chi connectivity index (χ1v) is 7.43. The predicted octanol–water partition coefficient (Wildman–Crippen LogP) is 2.83. The Labute approximate surface area is 117 Å². The van der Waals surface area contributed by atoms with Gasteiger partial charge < -0.3 is 5.73 Å². The van der Waals surface area contributed by atoms with Crippen molar-refractivity contribution in [2.24, 2.45) is 0 Å². The van der Waals surface area contributed by atoms with Crippen molar-refractivity contribution in [1.29, 1.82) is 0 Å². The average molecular weight is 294 g/mol. The highest BCUT2D eigenvalue weighted by Gasteiger charge is 2.15. The summed E-state index contributed by atoms with van der Waals surface area (Å²) in [4.78, 5) is 0.0431. The van der Waals surface area contributed by atoms with E-state index in [-0.39, 0.29) is 10.6 Å². The molecule has 0 saturated carbocycles. The molecule has 2 rings (SSSR count). The van der Waals surface area contributed by atoms with E-state index in [1.165, 1.54) is 24.3 Å². The molecule has 2 aromatic rings. The van der Waals surface area contributed by atoms with Crippen molar-refractivity contribution in [2.45, 2.75) is 18.7 Å². The molecule has 20 heavy (non-hydrogen) atoms. The van der Waals surface area contributed by atoms with Crippen LogP contribution < -0.4 is 10.5 Å². The molecule has 0 heterocycles. The van der Waals surface area contributed by atoms with E-state index in [0.717, 1.165) is 11.6 Å². The summed E-state index contributed by atoms with van der Waals surface area (Å²) in [6, 6.07) is 8.62. The topological polar surface area (TPSA) is 72.2 Å². The lowest BCUT2D eigenvalue weighted by Gasteiger charge is -2.10. The molecule has 0 bridgehead atoms. The van der Waals surface area contributed by atoms with Gasteiger partial charge >= 0.3 is 0 Å². The van der Waals surface area contributed by atoms with Crippen molar-refractivity contribution in [3.05, 3.63) is 53.3 Å². The largest absolute Gasteiger partial charge is 0.398 e. The number of halogens is 1. The molecule has 0 fully saturated rings. The zero-order valence-electron chi connectivity index (χ0n) is 11.1. The van der Waals surface area contributed by atoms with Gasteiger partial charge in [0.2, 0.25) is 0 Å². The van der Waals surface area contributed by atoms with E-state index < -0.39 is 15.8 Å². The van der Waals surface area contributed by atoms with Gasteiger partial charge in [0.1, 0.15) is 5.82 Å². The second-order valence-corrected chi connectivity index (χ2v) is 6.27. The maximum absolute atomic E-state index is 13.4. The highest BCUT2D eigenvalue weighted by molar-refractivity contribution is 7.92. The summed E-state index contributed by atoms with van der Waals surface area (Å²) in [5, 5.41) is 0. The van der Waals surface area contributed by atoms with Crippen LogP contribution in [0.3, 0.4) is 0 Å². The van der Waals surface area contributed by atoms with Crippen LogP contribution in [0.4, 0.5) is 15.8 Å². The molecule has 0 aliphatic rings. The van der Waals surface area contributed by atoms with Crippen molar-refractivity contribution in [3.8, 4) is 0 Å². The minimum Gasteiger partial charge on any atom is -0.398 e. The summed E-state index contributed by atoms with van der Waals surface area (Å²) in [5.41, 5.74) is 7.52. The Balaban J connectivity index is 2.35. The first-order chi connectivity index (χ1) is 9.29. The Kier molecular flexibility index (Phi) is 3.67. The van der Waals surface area contributed by atoms with Crippen LogP contribution in [0, 0.1) is 19.7 Å². The number of nitrogens with two attached hydrogens (primary N) is 1. The standard InChI is InChI=1S/C14H15FN2O2S/c1-9-3-5-11(7-13(9)15)17-20(18,19)12-6-4-10(2)14(16)8-12/h3-8,17H,16H2,1-2H3. The van der Waals surface area contributed by atoms with Gasteiger partial charge in [0, 0.05) is 5.69 Å². The van der Waals surface area contributed by atoms with Crippen LogP contribution in [0.1, 0.15) is 11.1 Å². The maximum Gasteiger partial charge on any atom is 0.261 e. The fraction of sp³-hybridized carbons (Fsp3) is 0.143. The lowest BCUT2D eigenvalue weighted by Crippen LogP contribution is -2.13. The van der Waals surface area contributed by atoms with Crippen molar-refractivity contribution < 1.29 is 12.8 Å². The van der Waals surface area contributed by atoms with E-state index >= 15 is 0 Å². The molecule has 0 radical (unpaired) electrons. The van der Waals surface area contributed by atoms with Gasteiger partial charge in [0.15, 0.2) is 0 Å². The average Bonchev–Trinajstić information content (AvgIpc) is 2.37. The Hall–Kier alpha value is -2.08. The summed E-state index contributed by atoms with van der Waals surface area (Å²) in [6.45, 7) is 3.39. The van der Waals surface area contributed by atoms with Gasteiger partial charge in [-0.05, 0) is 49.2 Å². The number of aryl methyl sites for hydroxylation is 2. The van der Waals surface area contributed by atoms with Gasteiger partial charge in [-0.3, -0.25) is 4.72 Å². The molecule has 2 aromatic carbocycles. The lowest BCUT2D eigenvalue weighted by molar-refractivity contribution is 0.601. The number of sulfonamides is 1. The fourth-order valence-corrected chi connectivity index (χ4v) is 2.74. The predicted molar refractivity (Wildman–Crippen MR) is 77.5 cm³/mol. The second kappa shape index (κ2) is 5.13. The monoisotopic (exact) mass is 294 g/mol. The maximum atomic E-state index is 13.4. The van der Waals surface area contributed by atoms with Crippen molar-refractivity contribution in [1.82, 2.24) is 0 Å². The molecule has 0 atom stereocenters. The highest BCUT2D eigenvalue weighted by atomic mass is 32.2. The van der Waals surface area contributed by atoms with Crippen molar-refractivity contribution in [2.75, 3.05) is 10.5 Å². The SMILES string of the molecule is Cc1ccc(S(=O)(=O)Nc2ccc(C)c(F)c2)cc1N. The first kappa shape index (κ1) is 14.3. The number of anilines is 2. The van der Waals surface area contributed by atoms with Gasteiger partial charge in [-0.1, -0.05) is 12.1 Å². The quantitative estimate of drug-likeness (QED) is 0.855. The number of hydrogen-bond acceptors (Lipinski definition) is 3. The lowest BCUT2D eigenvalue weighted by atomic mass is 10.2. The van der Waals surface area contributed by atoms with Crippen LogP contribution in [0.25, 0.3) is 0 Å². The Morgan fingerprint density at radius 2 is 1.70 bits per heavy atom. The van der Waals surface area contributed by atoms with Crippen LogP contribution >= 0.6 is 0 Å². The van der Waals surface area contributed by atoms with Gasteiger partial charge in [-0.25, -0.2) is 12.8 Å². The minimum atomic E-state index is -3.78. The molecule has 4 nitrogen and oxygen atoms in total. The molecule has 106 valence electrons. The second-order valence-electron chi connectivity index (χ2n) is 4.59. The highest BCUT2D eigenvalue weighted by Crippen LogP contribution is 2.21. The third-order valence-corrected chi connectivity index (χ3v) is 4.36. The van der Waals surface area contributed by atoms with Gasteiger partial charge in [-0.15, -0.1) is 0 Å². The molecular formula is C14H15FN2O2S. The van der Waals surface area contributed by atoms with Gasteiger partial charge in [0.05, 0.1) is 10.6 Å². The van der Waals surface area contributed by atoms with E-state index in [9.17, 15) is 12.8 Å². The Bertz CT molecular complexity index is 758. The van der Waals surface area contributed by atoms with Crippen molar-refractivity contribution >= 4 is 21.4 Å². The minimum absolute atomic E-state index is 0.0431. The molecule has 0 unspecified atom stereocenters.